The summed E-state index contributed by atoms with van der Waals surface area (Å²) in [6.07, 6.45) is 3.64. The Morgan fingerprint density at radius 3 is 2.87 bits per heavy atom. The first-order chi connectivity index (χ1) is 11.1. The Hall–Kier alpha value is -2.93. The highest BCUT2D eigenvalue weighted by Crippen LogP contribution is 2.27. The van der Waals surface area contributed by atoms with Crippen molar-refractivity contribution in [2.75, 3.05) is 19.8 Å². The van der Waals surface area contributed by atoms with Gasteiger partial charge in [0.25, 0.3) is 0 Å². The highest BCUT2D eigenvalue weighted by Gasteiger charge is 2.13. The second-order valence-electron chi connectivity index (χ2n) is 5.79. The summed E-state index contributed by atoms with van der Waals surface area (Å²) in [5.41, 5.74) is 9.52. The molecule has 7 heteroatoms. The van der Waals surface area contributed by atoms with Crippen molar-refractivity contribution >= 4 is 27.8 Å². The number of hydrogen-bond donors (Lipinski definition) is 2. The van der Waals surface area contributed by atoms with Gasteiger partial charge in [-0.05, 0) is 38.4 Å². The predicted molar refractivity (Wildman–Crippen MR) is 90.3 cm³/mol. The molecule has 0 spiro atoms. The monoisotopic (exact) mass is 307 g/mol. The number of fused-ring (bicyclic) bond motifs is 3. The summed E-state index contributed by atoms with van der Waals surface area (Å²) in [5.74, 6) is 1.34. The minimum absolute atomic E-state index is 0.461. The molecule has 116 valence electrons. The van der Waals surface area contributed by atoms with Crippen LogP contribution in [-0.4, -0.2) is 43.7 Å². The zero-order valence-electron chi connectivity index (χ0n) is 13.0. The van der Waals surface area contributed by atoms with Crippen molar-refractivity contribution in [3.63, 3.8) is 0 Å². The van der Waals surface area contributed by atoms with Crippen molar-refractivity contribution in [3.8, 4) is 5.69 Å². The molecule has 0 aliphatic rings. The van der Waals surface area contributed by atoms with Crippen LogP contribution < -0.4 is 5.73 Å². The Balaban J connectivity index is 1.92. The third kappa shape index (κ3) is 2.31. The molecular weight excluding hydrogens is 290 g/mol. The van der Waals surface area contributed by atoms with Crippen LogP contribution in [0.15, 0.2) is 36.7 Å². The maximum Gasteiger partial charge on any atom is 0.150 e. The van der Waals surface area contributed by atoms with Crippen molar-refractivity contribution < 1.29 is 0 Å². The van der Waals surface area contributed by atoms with E-state index in [1.54, 1.807) is 10.9 Å². The van der Waals surface area contributed by atoms with Crippen LogP contribution in [0.2, 0.25) is 0 Å². The normalized spacial score (nSPS) is 11.8. The summed E-state index contributed by atoms with van der Waals surface area (Å²) in [7, 11) is 4.01. The van der Waals surface area contributed by atoms with Crippen molar-refractivity contribution in [3.05, 3.63) is 42.5 Å². The molecule has 1 aromatic carbocycles. The number of H-pyrrole nitrogens is 1. The standard InChI is InChI=1S/C16H17N7/c1-22(2)9-13-20-14-11-5-4-10(23-7-3-6-18-23)8-12(11)19-16(17)15(14)21-13/h3-8H,9H2,1-2H3,(H2,17,19)(H,20,21). The quantitative estimate of drug-likeness (QED) is 0.604. The molecule has 3 N–H and O–H groups in total. The molecule has 0 aliphatic carbocycles. The Morgan fingerprint density at radius 1 is 1.26 bits per heavy atom. The molecule has 0 saturated carbocycles. The molecule has 23 heavy (non-hydrogen) atoms. The lowest BCUT2D eigenvalue weighted by Gasteiger charge is -2.05. The minimum Gasteiger partial charge on any atom is -0.382 e. The van der Waals surface area contributed by atoms with Gasteiger partial charge in [0.05, 0.1) is 17.7 Å². The molecule has 4 rings (SSSR count). The van der Waals surface area contributed by atoms with Gasteiger partial charge in [0.1, 0.15) is 22.7 Å². The highest BCUT2D eigenvalue weighted by atomic mass is 15.3. The summed E-state index contributed by atoms with van der Waals surface area (Å²) in [6, 6.07) is 7.88. The fraction of sp³-hybridized carbons (Fsp3) is 0.188. The molecule has 0 bridgehead atoms. The molecule has 0 aliphatic heterocycles. The van der Waals surface area contributed by atoms with E-state index >= 15 is 0 Å². The van der Waals surface area contributed by atoms with E-state index in [1.165, 1.54) is 0 Å². The number of nitrogens with two attached hydrogens (primary N) is 1. The zero-order valence-corrected chi connectivity index (χ0v) is 13.0. The van der Waals surface area contributed by atoms with E-state index < -0.39 is 0 Å². The topological polar surface area (TPSA) is 88.6 Å². The summed E-state index contributed by atoms with van der Waals surface area (Å²) in [5, 5.41) is 5.22. The first kappa shape index (κ1) is 13.7. The molecule has 3 aromatic heterocycles. The van der Waals surface area contributed by atoms with Crippen molar-refractivity contribution in [1.29, 1.82) is 0 Å². The summed E-state index contributed by atoms with van der Waals surface area (Å²) in [6.45, 7) is 0.723. The molecule has 4 aromatic rings. The lowest BCUT2D eigenvalue weighted by atomic mass is 10.1. The van der Waals surface area contributed by atoms with Crippen LogP contribution in [-0.2, 0) is 6.54 Å². The minimum atomic E-state index is 0.461. The highest BCUT2D eigenvalue weighted by molar-refractivity contribution is 6.06. The van der Waals surface area contributed by atoms with Gasteiger partial charge in [0, 0.05) is 17.8 Å². The van der Waals surface area contributed by atoms with Crippen LogP contribution in [0.1, 0.15) is 5.82 Å². The molecule has 7 nitrogen and oxygen atoms in total. The number of benzene rings is 1. The van der Waals surface area contributed by atoms with E-state index in [4.69, 9.17) is 10.7 Å². The third-order valence-corrected chi connectivity index (χ3v) is 3.72. The number of pyridine rings is 1. The molecular formula is C16H17N7. The second kappa shape index (κ2) is 5.06. The number of hydrogen-bond acceptors (Lipinski definition) is 5. The smallest absolute Gasteiger partial charge is 0.150 e. The van der Waals surface area contributed by atoms with Crippen LogP contribution >= 0.6 is 0 Å². The Morgan fingerprint density at radius 2 is 2.13 bits per heavy atom. The van der Waals surface area contributed by atoms with Crippen molar-refractivity contribution in [1.82, 2.24) is 29.6 Å². The average molecular weight is 307 g/mol. The molecule has 0 unspecified atom stereocenters. The first-order valence-corrected chi connectivity index (χ1v) is 7.34. The lowest BCUT2D eigenvalue weighted by Crippen LogP contribution is -2.11. The summed E-state index contributed by atoms with van der Waals surface area (Å²) in [4.78, 5) is 14.5. The van der Waals surface area contributed by atoms with Crippen molar-refractivity contribution in [2.45, 2.75) is 6.54 Å². The van der Waals surface area contributed by atoms with E-state index in [0.717, 1.165) is 40.0 Å². The molecule has 0 saturated heterocycles. The maximum atomic E-state index is 6.12. The van der Waals surface area contributed by atoms with Gasteiger partial charge in [-0.3, -0.25) is 0 Å². The molecule has 0 amide bonds. The third-order valence-electron chi connectivity index (χ3n) is 3.72. The second-order valence-corrected chi connectivity index (χ2v) is 5.79. The van der Waals surface area contributed by atoms with Gasteiger partial charge in [-0.15, -0.1) is 0 Å². The van der Waals surface area contributed by atoms with Gasteiger partial charge in [0.15, 0.2) is 0 Å². The number of nitrogen functional groups attached to an aromatic ring is 1. The molecule has 0 radical (unpaired) electrons. The average Bonchev–Trinajstić information content (AvgIpc) is 3.15. The van der Waals surface area contributed by atoms with Crippen LogP contribution in [0.3, 0.4) is 0 Å². The van der Waals surface area contributed by atoms with Gasteiger partial charge < -0.3 is 15.6 Å². The van der Waals surface area contributed by atoms with Crippen LogP contribution in [0.4, 0.5) is 5.82 Å². The molecule has 0 atom stereocenters. The fourth-order valence-corrected chi connectivity index (χ4v) is 2.74. The Labute approximate surface area is 132 Å². The zero-order chi connectivity index (χ0) is 16.0. The number of rotatable bonds is 3. The van der Waals surface area contributed by atoms with Gasteiger partial charge in [-0.25, -0.2) is 14.6 Å². The fourth-order valence-electron chi connectivity index (χ4n) is 2.74. The molecule has 0 fully saturated rings. The molecule has 3 heterocycles. The lowest BCUT2D eigenvalue weighted by molar-refractivity contribution is 0.392. The van der Waals surface area contributed by atoms with E-state index in [0.29, 0.717) is 5.82 Å². The van der Waals surface area contributed by atoms with Crippen LogP contribution in [0.25, 0.3) is 27.6 Å². The van der Waals surface area contributed by atoms with E-state index in [9.17, 15) is 0 Å². The van der Waals surface area contributed by atoms with Gasteiger partial charge in [-0.2, -0.15) is 5.10 Å². The number of nitrogens with zero attached hydrogens (tertiary/aromatic N) is 5. The predicted octanol–water partition coefficient (Wildman–Crippen LogP) is 1.94. The number of anilines is 1. The Kier molecular flexibility index (Phi) is 3.02. The van der Waals surface area contributed by atoms with Crippen LogP contribution in [0.5, 0.6) is 0 Å². The summed E-state index contributed by atoms with van der Waals surface area (Å²) < 4.78 is 1.80. The first-order valence-electron chi connectivity index (χ1n) is 7.34. The number of aromatic nitrogens is 5. The van der Waals surface area contributed by atoms with Gasteiger partial charge in [-0.1, -0.05) is 0 Å². The maximum absolute atomic E-state index is 6.12. The van der Waals surface area contributed by atoms with E-state index in [2.05, 4.69) is 20.0 Å². The van der Waals surface area contributed by atoms with E-state index in [-0.39, 0.29) is 0 Å². The summed E-state index contributed by atoms with van der Waals surface area (Å²) >= 11 is 0. The Bertz CT molecular complexity index is 983. The van der Waals surface area contributed by atoms with E-state index in [1.807, 2.05) is 44.6 Å². The van der Waals surface area contributed by atoms with Gasteiger partial charge in [0.2, 0.25) is 0 Å². The SMILES string of the molecule is CN(C)Cc1nc2c([nH]1)c(N)nc1cc(-n3cccn3)ccc12. The number of imidazole rings is 1. The van der Waals surface area contributed by atoms with Crippen molar-refractivity contribution in [2.24, 2.45) is 0 Å². The number of nitrogens with one attached hydrogen (secondary N) is 1. The largest absolute Gasteiger partial charge is 0.382 e. The van der Waals surface area contributed by atoms with Crippen LogP contribution in [0, 0.1) is 0 Å². The van der Waals surface area contributed by atoms with Gasteiger partial charge >= 0.3 is 0 Å². The number of aromatic amines is 1.